The van der Waals surface area contributed by atoms with Crippen LogP contribution in [0.1, 0.15) is 44.9 Å². The van der Waals surface area contributed by atoms with Crippen LogP contribution < -0.4 is 5.32 Å². The van der Waals surface area contributed by atoms with E-state index in [4.69, 9.17) is 4.74 Å². The molecule has 0 aromatic carbocycles. The molecule has 0 bridgehead atoms. The topological polar surface area (TPSA) is 24.5 Å². The van der Waals surface area contributed by atoms with Gasteiger partial charge >= 0.3 is 0 Å². The molecule has 0 radical (unpaired) electrons. The highest BCUT2D eigenvalue weighted by Crippen LogP contribution is 2.34. The number of rotatable bonds is 8. The number of methoxy groups -OCH3 is 1. The highest BCUT2D eigenvalue weighted by atomic mass is 16.5. The fourth-order valence-corrected chi connectivity index (χ4v) is 3.69. The minimum atomic E-state index is 0.876. The summed E-state index contributed by atoms with van der Waals surface area (Å²) in [7, 11) is 1.77. The SMILES string of the molecule is COCCCNCCN1CCCC1C1CCCC1. The van der Waals surface area contributed by atoms with Crippen LogP contribution in [-0.4, -0.2) is 50.8 Å². The lowest BCUT2D eigenvalue weighted by molar-refractivity contribution is 0.184. The molecule has 1 aliphatic carbocycles. The van der Waals surface area contributed by atoms with Crippen molar-refractivity contribution in [2.75, 3.05) is 39.9 Å². The van der Waals surface area contributed by atoms with Crippen molar-refractivity contribution in [1.29, 1.82) is 0 Å². The van der Waals surface area contributed by atoms with Crippen LogP contribution in [0.2, 0.25) is 0 Å². The van der Waals surface area contributed by atoms with Gasteiger partial charge in [-0.25, -0.2) is 0 Å². The lowest BCUT2D eigenvalue weighted by Gasteiger charge is -2.29. The molecule has 2 rings (SSSR count). The summed E-state index contributed by atoms with van der Waals surface area (Å²) in [6.07, 6.45) is 9.93. The van der Waals surface area contributed by atoms with E-state index >= 15 is 0 Å². The molecule has 1 aliphatic heterocycles. The van der Waals surface area contributed by atoms with Crippen LogP contribution in [0.4, 0.5) is 0 Å². The molecule has 1 saturated heterocycles. The monoisotopic (exact) mass is 254 g/mol. The Labute approximate surface area is 112 Å². The third-order valence-corrected chi connectivity index (χ3v) is 4.64. The lowest BCUT2D eigenvalue weighted by atomic mass is 9.96. The van der Waals surface area contributed by atoms with Crippen molar-refractivity contribution >= 4 is 0 Å². The van der Waals surface area contributed by atoms with E-state index < -0.39 is 0 Å². The van der Waals surface area contributed by atoms with Crippen LogP contribution in [-0.2, 0) is 4.74 Å². The maximum Gasteiger partial charge on any atom is 0.0474 e. The summed E-state index contributed by atoms with van der Waals surface area (Å²) in [5.74, 6) is 1.01. The largest absolute Gasteiger partial charge is 0.385 e. The molecular weight excluding hydrogens is 224 g/mol. The quantitative estimate of drug-likeness (QED) is 0.673. The first-order valence-electron chi connectivity index (χ1n) is 7.85. The zero-order valence-electron chi connectivity index (χ0n) is 12.0. The summed E-state index contributed by atoms with van der Waals surface area (Å²) in [6.45, 7) is 5.69. The molecule has 0 aromatic rings. The number of nitrogens with zero attached hydrogens (tertiary/aromatic N) is 1. The number of ether oxygens (including phenoxy) is 1. The van der Waals surface area contributed by atoms with Crippen molar-refractivity contribution in [3.8, 4) is 0 Å². The van der Waals surface area contributed by atoms with E-state index in [1.54, 1.807) is 7.11 Å². The Bertz CT molecular complexity index is 217. The normalized spacial score (nSPS) is 26.2. The average Bonchev–Trinajstić information content (AvgIpc) is 3.03. The third kappa shape index (κ3) is 4.22. The van der Waals surface area contributed by atoms with Gasteiger partial charge in [0.2, 0.25) is 0 Å². The van der Waals surface area contributed by atoms with Crippen LogP contribution in [0, 0.1) is 5.92 Å². The van der Waals surface area contributed by atoms with Crippen LogP contribution >= 0.6 is 0 Å². The second-order valence-electron chi connectivity index (χ2n) is 5.89. The third-order valence-electron chi connectivity index (χ3n) is 4.64. The highest BCUT2D eigenvalue weighted by Gasteiger charge is 2.32. The lowest BCUT2D eigenvalue weighted by Crippen LogP contribution is -2.39. The molecule has 0 aromatic heterocycles. The van der Waals surface area contributed by atoms with E-state index in [1.807, 2.05) is 0 Å². The van der Waals surface area contributed by atoms with Gasteiger partial charge in [0.15, 0.2) is 0 Å². The fourth-order valence-electron chi connectivity index (χ4n) is 3.69. The van der Waals surface area contributed by atoms with E-state index in [-0.39, 0.29) is 0 Å². The molecule has 1 N–H and O–H groups in total. The average molecular weight is 254 g/mol. The molecule has 0 amide bonds. The van der Waals surface area contributed by atoms with E-state index in [0.29, 0.717) is 0 Å². The Morgan fingerprint density at radius 2 is 1.94 bits per heavy atom. The van der Waals surface area contributed by atoms with Gasteiger partial charge in [-0.1, -0.05) is 12.8 Å². The minimum Gasteiger partial charge on any atom is -0.385 e. The first kappa shape index (κ1) is 14.3. The van der Waals surface area contributed by atoms with Gasteiger partial charge in [0.25, 0.3) is 0 Å². The summed E-state index contributed by atoms with van der Waals surface area (Å²) in [5.41, 5.74) is 0. The van der Waals surface area contributed by atoms with Crippen LogP contribution in [0.3, 0.4) is 0 Å². The van der Waals surface area contributed by atoms with Gasteiger partial charge in [0, 0.05) is 32.8 Å². The molecule has 1 saturated carbocycles. The molecule has 106 valence electrons. The van der Waals surface area contributed by atoms with Gasteiger partial charge in [-0.15, -0.1) is 0 Å². The number of likely N-dealkylation sites (tertiary alicyclic amines) is 1. The maximum absolute atomic E-state index is 5.06. The molecule has 18 heavy (non-hydrogen) atoms. The van der Waals surface area contributed by atoms with Gasteiger partial charge in [0.1, 0.15) is 0 Å². The molecular formula is C15H30N2O. The molecule has 2 fully saturated rings. The van der Waals surface area contributed by atoms with Gasteiger partial charge in [-0.3, -0.25) is 4.90 Å². The van der Waals surface area contributed by atoms with E-state index in [9.17, 15) is 0 Å². The Morgan fingerprint density at radius 1 is 1.11 bits per heavy atom. The smallest absolute Gasteiger partial charge is 0.0474 e. The number of hydrogen-bond acceptors (Lipinski definition) is 3. The Kier molecular flexibility index (Phi) is 6.46. The standard InChI is InChI=1S/C15H30N2O/c1-18-13-5-9-16-10-12-17-11-4-8-15(17)14-6-2-3-7-14/h14-16H,2-13H2,1H3. The molecule has 1 atom stereocenters. The summed E-state index contributed by atoms with van der Waals surface area (Å²) < 4.78 is 5.06. The van der Waals surface area contributed by atoms with Crippen molar-refractivity contribution in [3.05, 3.63) is 0 Å². The molecule has 0 spiro atoms. The van der Waals surface area contributed by atoms with Gasteiger partial charge in [0.05, 0.1) is 0 Å². The van der Waals surface area contributed by atoms with Crippen LogP contribution in [0.5, 0.6) is 0 Å². The predicted molar refractivity (Wildman–Crippen MR) is 75.9 cm³/mol. The van der Waals surface area contributed by atoms with Crippen LogP contribution in [0.25, 0.3) is 0 Å². The van der Waals surface area contributed by atoms with E-state index in [0.717, 1.165) is 38.1 Å². The van der Waals surface area contributed by atoms with Crippen molar-refractivity contribution < 1.29 is 4.74 Å². The van der Waals surface area contributed by atoms with Crippen LogP contribution in [0.15, 0.2) is 0 Å². The molecule has 3 nitrogen and oxygen atoms in total. The minimum absolute atomic E-state index is 0.876. The maximum atomic E-state index is 5.06. The summed E-state index contributed by atoms with van der Waals surface area (Å²) >= 11 is 0. The van der Waals surface area contributed by atoms with Gasteiger partial charge in [-0.2, -0.15) is 0 Å². The fraction of sp³-hybridized carbons (Fsp3) is 1.00. The summed E-state index contributed by atoms with van der Waals surface area (Å²) in [4.78, 5) is 2.75. The van der Waals surface area contributed by atoms with Gasteiger partial charge < -0.3 is 10.1 Å². The number of nitrogens with one attached hydrogen (secondary N) is 1. The number of hydrogen-bond donors (Lipinski definition) is 1. The first-order valence-corrected chi connectivity index (χ1v) is 7.85. The second kappa shape index (κ2) is 8.13. The second-order valence-corrected chi connectivity index (χ2v) is 5.89. The first-order chi connectivity index (χ1) is 8.92. The van der Waals surface area contributed by atoms with Crippen molar-refractivity contribution in [2.45, 2.75) is 51.0 Å². The van der Waals surface area contributed by atoms with Crippen molar-refractivity contribution in [2.24, 2.45) is 5.92 Å². The summed E-state index contributed by atoms with van der Waals surface area (Å²) in [5, 5.41) is 3.54. The zero-order chi connectivity index (χ0) is 12.6. The zero-order valence-corrected chi connectivity index (χ0v) is 12.0. The molecule has 1 heterocycles. The Morgan fingerprint density at radius 3 is 2.72 bits per heavy atom. The van der Waals surface area contributed by atoms with Crippen molar-refractivity contribution in [1.82, 2.24) is 10.2 Å². The molecule has 3 heteroatoms. The van der Waals surface area contributed by atoms with E-state index in [1.165, 1.54) is 51.6 Å². The highest BCUT2D eigenvalue weighted by molar-refractivity contribution is 4.87. The predicted octanol–water partition coefficient (Wildman–Crippen LogP) is 2.27. The van der Waals surface area contributed by atoms with Gasteiger partial charge in [-0.05, 0) is 51.1 Å². The Balaban J connectivity index is 1.59. The summed E-state index contributed by atoms with van der Waals surface area (Å²) in [6, 6.07) is 0.910. The van der Waals surface area contributed by atoms with E-state index in [2.05, 4.69) is 10.2 Å². The molecule has 2 aliphatic rings. The van der Waals surface area contributed by atoms with Crippen molar-refractivity contribution in [3.63, 3.8) is 0 Å². The molecule has 1 unspecified atom stereocenters. The Hall–Kier alpha value is -0.120.